The Balaban J connectivity index is 1.78. The average molecular weight is 484 g/mol. The highest BCUT2D eigenvalue weighted by Crippen LogP contribution is 2.44. The molecule has 0 radical (unpaired) electrons. The predicted octanol–water partition coefficient (Wildman–Crippen LogP) is 5.82. The van der Waals surface area contributed by atoms with Crippen LogP contribution in [0.5, 0.6) is 11.5 Å². The van der Waals surface area contributed by atoms with Crippen molar-refractivity contribution in [1.82, 2.24) is 9.55 Å². The number of hydrogen-bond acceptors (Lipinski definition) is 6. The average Bonchev–Trinajstić information content (AvgIpc) is 3.29. The highest BCUT2D eigenvalue weighted by atomic mass is 16.5. The SMILES string of the molecule is CCCOc1ccc([C@H]2C(C(=O)OCC)=C(c3ccccc3)Nc3nc4ccccc4n32)cc1OC. The van der Waals surface area contributed by atoms with Crippen LogP contribution in [0.2, 0.25) is 0 Å². The summed E-state index contributed by atoms with van der Waals surface area (Å²) in [6.07, 6.45) is 0.889. The molecule has 1 aliphatic heterocycles. The van der Waals surface area contributed by atoms with Crippen molar-refractivity contribution in [2.45, 2.75) is 26.3 Å². The molecule has 0 saturated heterocycles. The molecule has 1 N–H and O–H groups in total. The van der Waals surface area contributed by atoms with Gasteiger partial charge in [0, 0.05) is 0 Å². The molecule has 0 spiro atoms. The van der Waals surface area contributed by atoms with Crippen LogP contribution in [0.1, 0.15) is 37.4 Å². The van der Waals surface area contributed by atoms with Crippen LogP contribution in [-0.4, -0.2) is 35.8 Å². The minimum atomic E-state index is -0.503. The molecule has 1 atom stereocenters. The molecule has 1 aromatic heterocycles. The van der Waals surface area contributed by atoms with Crippen molar-refractivity contribution < 1.29 is 19.0 Å². The van der Waals surface area contributed by atoms with Crippen molar-refractivity contribution in [2.24, 2.45) is 0 Å². The number of ether oxygens (including phenoxy) is 3. The summed E-state index contributed by atoms with van der Waals surface area (Å²) in [5.41, 5.74) is 4.65. The Labute approximate surface area is 210 Å². The van der Waals surface area contributed by atoms with Crippen molar-refractivity contribution >= 4 is 28.6 Å². The van der Waals surface area contributed by atoms with Gasteiger partial charge in [-0.25, -0.2) is 9.78 Å². The van der Waals surface area contributed by atoms with E-state index >= 15 is 0 Å². The van der Waals surface area contributed by atoms with Crippen molar-refractivity contribution in [2.75, 3.05) is 25.6 Å². The van der Waals surface area contributed by atoms with Crippen LogP contribution in [0.15, 0.2) is 78.4 Å². The number of imidazole rings is 1. The number of nitrogens with zero attached hydrogens (tertiary/aromatic N) is 2. The number of benzene rings is 3. The van der Waals surface area contributed by atoms with E-state index < -0.39 is 6.04 Å². The molecule has 1 aliphatic rings. The third-order valence-electron chi connectivity index (χ3n) is 6.16. The first-order valence-electron chi connectivity index (χ1n) is 12.2. The van der Waals surface area contributed by atoms with E-state index in [2.05, 4.69) is 16.8 Å². The van der Waals surface area contributed by atoms with Crippen molar-refractivity contribution in [3.63, 3.8) is 0 Å². The van der Waals surface area contributed by atoms with Gasteiger partial charge in [0.25, 0.3) is 0 Å². The number of anilines is 1. The van der Waals surface area contributed by atoms with Crippen LogP contribution in [0.4, 0.5) is 5.95 Å². The molecule has 2 heterocycles. The molecule has 0 bridgehead atoms. The fraction of sp³-hybridized carbons (Fsp3) is 0.241. The van der Waals surface area contributed by atoms with Crippen molar-refractivity contribution in [1.29, 1.82) is 0 Å². The molecule has 0 unspecified atom stereocenters. The summed E-state index contributed by atoms with van der Waals surface area (Å²) in [5.74, 6) is 1.54. The standard InChI is InChI=1S/C29H29N3O4/c1-4-17-36-23-16-15-20(18-24(23)34-3)27-25(28(33)35-5-2)26(19-11-7-6-8-12-19)31-29-30-21-13-9-10-14-22(21)32(27)29/h6-16,18,27H,4-5,17H2,1-3H3,(H,30,31)/t27-/m0/s1. The van der Waals surface area contributed by atoms with Gasteiger partial charge in [0.2, 0.25) is 5.95 Å². The van der Waals surface area contributed by atoms with Crippen LogP contribution < -0.4 is 14.8 Å². The lowest BCUT2D eigenvalue weighted by Crippen LogP contribution is -2.29. The Morgan fingerprint density at radius 2 is 1.78 bits per heavy atom. The second kappa shape index (κ2) is 10.2. The van der Waals surface area contributed by atoms with Gasteiger partial charge in [-0.2, -0.15) is 0 Å². The monoisotopic (exact) mass is 483 g/mol. The van der Waals surface area contributed by atoms with Crippen LogP contribution in [0.3, 0.4) is 0 Å². The summed E-state index contributed by atoms with van der Waals surface area (Å²) in [6, 6.07) is 23.0. The molecule has 7 nitrogen and oxygen atoms in total. The summed E-state index contributed by atoms with van der Waals surface area (Å²) >= 11 is 0. The van der Waals surface area contributed by atoms with Gasteiger partial charge in [-0.05, 0) is 48.7 Å². The topological polar surface area (TPSA) is 74.6 Å². The third kappa shape index (κ3) is 4.17. The van der Waals surface area contributed by atoms with Crippen LogP contribution in [-0.2, 0) is 9.53 Å². The Hall–Kier alpha value is -4.26. The summed E-state index contributed by atoms with van der Waals surface area (Å²) in [5, 5.41) is 3.43. The quantitative estimate of drug-likeness (QED) is 0.318. The number of rotatable bonds is 8. The first-order chi connectivity index (χ1) is 17.7. The van der Waals surface area contributed by atoms with E-state index in [1.165, 1.54) is 0 Å². The zero-order valence-electron chi connectivity index (χ0n) is 20.7. The number of carbonyl (C=O) groups excluding carboxylic acids is 1. The zero-order valence-corrected chi connectivity index (χ0v) is 20.7. The van der Waals surface area contributed by atoms with Gasteiger partial charge < -0.3 is 19.5 Å². The lowest BCUT2D eigenvalue weighted by Gasteiger charge is -2.31. The molecule has 184 valence electrons. The summed E-state index contributed by atoms with van der Waals surface area (Å²) in [7, 11) is 1.62. The summed E-state index contributed by atoms with van der Waals surface area (Å²) < 4.78 is 19.2. The molecule has 0 aliphatic carbocycles. The number of esters is 1. The normalized spacial score (nSPS) is 14.8. The Morgan fingerprint density at radius 3 is 2.53 bits per heavy atom. The van der Waals surface area contributed by atoms with Gasteiger partial charge in [-0.3, -0.25) is 4.57 Å². The second-order valence-electron chi connectivity index (χ2n) is 8.46. The first kappa shape index (κ1) is 23.5. The summed E-state index contributed by atoms with van der Waals surface area (Å²) in [6.45, 7) is 4.73. The fourth-order valence-corrected chi connectivity index (χ4v) is 4.60. The molecule has 36 heavy (non-hydrogen) atoms. The minimum Gasteiger partial charge on any atom is -0.493 e. The van der Waals surface area contributed by atoms with Crippen LogP contribution >= 0.6 is 0 Å². The number of methoxy groups -OCH3 is 1. The van der Waals surface area contributed by atoms with Gasteiger partial charge in [0.15, 0.2) is 11.5 Å². The summed E-state index contributed by atoms with van der Waals surface area (Å²) in [4.78, 5) is 18.4. The van der Waals surface area contributed by atoms with E-state index in [0.717, 1.165) is 28.6 Å². The lowest BCUT2D eigenvalue weighted by molar-refractivity contribution is -0.138. The van der Waals surface area contributed by atoms with Crippen molar-refractivity contribution in [3.05, 3.63) is 89.5 Å². The largest absolute Gasteiger partial charge is 0.493 e. The van der Waals surface area contributed by atoms with Gasteiger partial charge in [-0.1, -0.05) is 55.5 Å². The Bertz CT molecular complexity index is 1430. The predicted molar refractivity (Wildman–Crippen MR) is 140 cm³/mol. The van der Waals surface area contributed by atoms with Gasteiger partial charge in [0.05, 0.1) is 48.7 Å². The zero-order chi connectivity index (χ0) is 25.1. The highest BCUT2D eigenvalue weighted by Gasteiger charge is 2.37. The lowest BCUT2D eigenvalue weighted by atomic mass is 9.92. The molecule has 0 fully saturated rings. The second-order valence-corrected chi connectivity index (χ2v) is 8.46. The number of para-hydroxylation sites is 2. The molecule has 0 amide bonds. The molecule has 3 aromatic carbocycles. The number of carbonyl (C=O) groups is 1. The molecule has 0 saturated carbocycles. The number of aromatic nitrogens is 2. The maximum atomic E-state index is 13.6. The molecule has 4 aromatic rings. The number of fused-ring (bicyclic) bond motifs is 3. The van der Waals surface area contributed by atoms with Crippen molar-refractivity contribution in [3.8, 4) is 11.5 Å². The Kier molecular flexibility index (Phi) is 6.62. The molecular weight excluding hydrogens is 454 g/mol. The van der Waals surface area contributed by atoms with E-state index in [1.54, 1.807) is 7.11 Å². The smallest absolute Gasteiger partial charge is 0.338 e. The highest BCUT2D eigenvalue weighted by molar-refractivity contribution is 6.03. The van der Waals surface area contributed by atoms with Gasteiger partial charge >= 0.3 is 5.97 Å². The fourth-order valence-electron chi connectivity index (χ4n) is 4.60. The van der Waals surface area contributed by atoms with Crippen LogP contribution in [0.25, 0.3) is 16.7 Å². The van der Waals surface area contributed by atoms with E-state index in [1.807, 2.05) is 79.7 Å². The third-order valence-corrected chi connectivity index (χ3v) is 6.16. The first-order valence-corrected chi connectivity index (χ1v) is 12.2. The minimum absolute atomic E-state index is 0.266. The Morgan fingerprint density at radius 1 is 1.00 bits per heavy atom. The molecule has 5 rings (SSSR count). The van der Waals surface area contributed by atoms with Crippen LogP contribution in [0, 0.1) is 0 Å². The van der Waals surface area contributed by atoms with E-state index in [-0.39, 0.29) is 12.6 Å². The number of nitrogens with one attached hydrogen (secondary N) is 1. The van der Waals surface area contributed by atoms with E-state index in [9.17, 15) is 4.79 Å². The van der Waals surface area contributed by atoms with E-state index in [4.69, 9.17) is 19.2 Å². The number of hydrogen-bond donors (Lipinski definition) is 1. The maximum absolute atomic E-state index is 13.6. The van der Waals surface area contributed by atoms with Gasteiger partial charge in [0.1, 0.15) is 0 Å². The molecular formula is C29H29N3O4. The maximum Gasteiger partial charge on any atom is 0.338 e. The molecule has 7 heteroatoms. The van der Waals surface area contributed by atoms with E-state index in [0.29, 0.717) is 35.3 Å². The van der Waals surface area contributed by atoms with Gasteiger partial charge in [-0.15, -0.1) is 0 Å².